The average Bonchev–Trinajstić information content (AvgIpc) is 3.35. The first-order valence-electron chi connectivity index (χ1n) is 24.5. The molecule has 1 saturated carbocycles. The fraction of sp³-hybridized carbons (Fsp3) is 0.585. The highest BCUT2D eigenvalue weighted by atomic mass is 16.7. The van der Waals surface area contributed by atoms with Crippen molar-refractivity contribution in [3.05, 3.63) is 108 Å². The molecule has 3 aromatic carbocycles. The van der Waals surface area contributed by atoms with Crippen LogP contribution in [-0.4, -0.2) is 104 Å². The van der Waals surface area contributed by atoms with Crippen molar-refractivity contribution in [2.45, 2.75) is 155 Å². The number of carbonyl (C=O) groups excluding carboxylic acids is 4. The molecule has 1 aliphatic carbocycles. The highest BCUT2D eigenvalue weighted by Crippen LogP contribution is 2.40. The standard InChI is InChI=1S/C53H73N3O13/c1-8-18-32(2)49(59)55-43-46(63-28-38-19-12-9-13-20-38)44(56-53(61)65-30-40-23-16-11-17-24-40)48(45(58)47(43)69-51-36(6)34(4)35(5)42(67-51)31-62-37(7)57)68-50-33(3)25-26-41(66-50)27-54-52(60)64-29-39-21-14-10-15-22-39/h9-17,19-24,32-36,41-48,50-51,58H,8,18,25-31H2,1-7H3,(H,54,60)(H,55,59)(H,56,61)/t32-,33?,34-,35-,36?,41?,42?,43+,44-,45?,46?,47-,48?,50+,51+/m0/s1. The Morgan fingerprint density at radius 2 is 1.22 bits per heavy atom. The van der Waals surface area contributed by atoms with Crippen LogP contribution >= 0.6 is 0 Å². The summed E-state index contributed by atoms with van der Waals surface area (Å²) in [5.41, 5.74) is 2.42. The largest absolute Gasteiger partial charge is 0.463 e. The molecule has 0 spiro atoms. The first kappa shape index (κ1) is 53.3. The van der Waals surface area contributed by atoms with Crippen molar-refractivity contribution < 1.29 is 62.2 Å². The van der Waals surface area contributed by atoms with Gasteiger partial charge in [-0.15, -0.1) is 0 Å². The van der Waals surface area contributed by atoms with Gasteiger partial charge in [0.15, 0.2) is 12.6 Å². The molecule has 0 aromatic heterocycles. The second-order valence-electron chi connectivity index (χ2n) is 19.0. The topological polar surface area (TPSA) is 198 Å². The predicted molar refractivity (Wildman–Crippen MR) is 255 cm³/mol. The summed E-state index contributed by atoms with van der Waals surface area (Å²) in [4.78, 5) is 53.0. The molecular formula is C53H73N3O13. The van der Waals surface area contributed by atoms with E-state index < -0.39 is 85.4 Å². The number of benzene rings is 3. The van der Waals surface area contributed by atoms with Gasteiger partial charge in [0.25, 0.3) is 0 Å². The molecule has 0 bridgehead atoms. The average molecular weight is 960 g/mol. The SMILES string of the molecule is CCC[C@H](C)C(=O)N[C@@H]1C(OCc2ccccc2)[C@H](NC(=O)OCc2ccccc2)C(O[C@H]2OC(CNC(=O)OCc3ccccc3)CCC2C)C(O)[C@H]1O[C@H]1OC(COC(C)=O)[C@@H](C)[C@H](C)C1C. The summed E-state index contributed by atoms with van der Waals surface area (Å²) in [6.45, 7) is 13.5. The lowest BCUT2D eigenvalue weighted by Gasteiger charge is -2.52. The van der Waals surface area contributed by atoms with Crippen LogP contribution in [0.4, 0.5) is 9.59 Å². The minimum Gasteiger partial charge on any atom is -0.463 e. The van der Waals surface area contributed by atoms with Gasteiger partial charge in [-0.2, -0.15) is 0 Å². The molecule has 6 rings (SSSR count). The van der Waals surface area contributed by atoms with Gasteiger partial charge in [0.1, 0.15) is 44.2 Å². The van der Waals surface area contributed by atoms with E-state index in [-0.39, 0.29) is 62.6 Å². The van der Waals surface area contributed by atoms with Gasteiger partial charge in [0.2, 0.25) is 5.91 Å². The number of carbonyl (C=O) groups is 4. The number of hydrogen-bond acceptors (Lipinski definition) is 13. The normalized spacial score (nSPS) is 30.6. The van der Waals surface area contributed by atoms with Crippen molar-refractivity contribution in [2.75, 3.05) is 13.2 Å². The maximum atomic E-state index is 14.2. The minimum atomic E-state index is -1.55. The Kier molecular flexibility index (Phi) is 20.2. The molecule has 16 nitrogen and oxygen atoms in total. The predicted octanol–water partition coefficient (Wildman–Crippen LogP) is 7.20. The molecule has 378 valence electrons. The third-order valence-corrected chi connectivity index (χ3v) is 13.8. The second kappa shape index (κ2) is 26.2. The number of rotatable bonds is 20. The van der Waals surface area contributed by atoms with Crippen molar-refractivity contribution >= 4 is 24.1 Å². The maximum Gasteiger partial charge on any atom is 0.407 e. The number of esters is 1. The van der Waals surface area contributed by atoms with Crippen LogP contribution in [-0.2, 0) is 67.3 Å². The summed E-state index contributed by atoms with van der Waals surface area (Å²) in [6, 6.07) is 25.8. The number of hydrogen-bond donors (Lipinski definition) is 4. The van der Waals surface area contributed by atoms with Crippen LogP contribution in [0.15, 0.2) is 91.0 Å². The van der Waals surface area contributed by atoms with Gasteiger partial charge in [0, 0.05) is 31.2 Å². The molecule has 69 heavy (non-hydrogen) atoms. The number of aliphatic hydroxyl groups excluding tert-OH is 1. The minimum absolute atomic E-state index is 0.00134. The molecule has 15 atom stereocenters. The third kappa shape index (κ3) is 15.2. The van der Waals surface area contributed by atoms with Crippen LogP contribution in [0.3, 0.4) is 0 Å². The van der Waals surface area contributed by atoms with Gasteiger partial charge in [-0.3, -0.25) is 9.59 Å². The van der Waals surface area contributed by atoms with E-state index in [4.69, 9.17) is 37.9 Å². The quantitative estimate of drug-likeness (QED) is 0.0656. The first-order chi connectivity index (χ1) is 33.2. The number of alkyl carbamates (subject to hydrolysis) is 2. The molecule has 2 aliphatic heterocycles. The van der Waals surface area contributed by atoms with Crippen molar-refractivity contribution in [1.29, 1.82) is 0 Å². The van der Waals surface area contributed by atoms with E-state index in [0.29, 0.717) is 19.3 Å². The highest BCUT2D eigenvalue weighted by Gasteiger charge is 2.56. The second-order valence-corrected chi connectivity index (χ2v) is 19.0. The summed E-state index contributed by atoms with van der Waals surface area (Å²) in [5.74, 6) is -1.59. The van der Waals surface area contributed by atoms with Gasteiger partial charge >= 0.3 is 18.2 Å². The number of amides is 3. The number of ether oxygens (including phenoxy) is 8. The summed E-state index contributed by atoms with van der Waals surface area (Å²) in [5, 5.41) is 21.9. The van der Waals surface area contributed by atoms with Crippen LogP contribution in [0.25, 0.3) is 0 Å². The number of nitrogens with one attached hydrogen (secondary N) is 3. The molecule has 3 aromatic rings. The van der Waals surface area contributed by atoms with Gasteiger partial charge in [-0.1, -0.05) is 139 Å². The van der Waals surface area contributed by atoms with Crippen LogP contribution in [0.5, 0.6) is 0 Å². The summed E-state index contributed by atoms with van der Waals surface area (Å²) in [6.07, 6.45) is -6.92. The zero-order valence-electron chi connectivity index (χ0n) is 41.0. The molecule has 0 radical (unpaired) electrons. The molecule has 3 fully saturated rings. The van der Waals surface area contributed by atoms with Crippen molar-refractivity contribution in [1.82, 2.24) is 16.0 Å². The fourth-order valence-electron chi connectivity index (χ4n) is 9.22. The van der Waals surface area contributed by atoms with Crippen LogP contribution in [0, 0.1) is 29.6 Å². The van der Waals surface area contributed by atoms with E-state index in [2.05, 4.69) is 22.9 Å². The third-order valence-electron chi connectivity index (χ3n) is 13.8. The molecule has 3 amide bonds. The van der Waals surface area contributed by atoms with Crippen LogP contribution in [0.1, 0.15) is 90.8 Å². The van der Waals surface area contributed by atoms with E-state index in [1.807, 2.05) is 126 Å². The summed E-state index contributed by atoms with van der Waals surface area (Å²) < 4.78 is 50.5. The Morgan fingerprint density at radius 3 is 1.80 bits per heavy atom. The van der Waals surface area contributed by atoms with E-state index >= 15 is 0 Å². The van der Waals surface area contributed by atoms with E-state index in [0.717, 1.165) is 23.1 Å². The summed E-state index contributed by atoms with van der Waals surface area (Å²) >= 11 is 0. The first-order valence-corrected chi connectivity index (χ1v) is 24.5. The van der Waals surface area contributed by atoms with E-state index in [1.54, 1.807) is 0 Å². The lowest BCUT2D eigenvalue weighted by atomic mass is 9.78. The molecule has 3 aliphatic rings. The molecule has 2 saturated heterocycles. The Hall–Kier alpha value is -5.10. The lowest BCUT2D eigenvalue weighted by molar-refractivity contribution is -0.316. The van der Waals surface area contributed by atoms with Gasteiger partial charge in [0.05, 0.1) is 30.9 Å². The molecule has 2 heterocycles. The smallest absolute Gasteiger partial charge is 0.407 e. The van der Waals surface area contributed by atoms with Crippen molar-refractivity contribution in [3.63, 3.8) is 0 Å². The van der Waals surface area contributed by atoms with Gasteiger partial charge in [-0.05, 0) is 47.8 Å². The Labute approximate surface area is 406 Å². The Morgan fingerprint density at radius 1 is 0.667 bits per heavy atom. The van der Waals surface area contributed by atoms with Gasteiger partial charge in [-0.25, -0.2) is 9.59 Å². The monoisotopic (exact) mass is 960 g/mol. The zero-order chi connectivity index (χ0) is 49.5. The Bertz CT molecular complexity index is 2050. The molecule has 16 heteroatoms. The van der Waals surface area contributed by atoms with Crippen molar-refractivity contribution in [3.8, 4) is 0 Å². The van der Waals surface area contributed by atoms with Crippen LogP contribution < -0.4 is 16.0 Å². The fourth-order valence-corrected chi connectivity index (χ4v) is 9.22. The molecule has 4 N–H and O–H groups in total. The van der Waals surface area contributed by atoms with Crippen LogP contribution in [0.2, 0.25) is 0 Å². The molecule has 7 unspecified atom stereocenters. The number of aliphatic hydroxyl groups is 1. The lowest BCUT2D eigenvalue weighted by Crippen LogP contribution is -2.74. The molecular weight excluding hydrogens is 887 g/mol. The van der Waals surface area contributed by atoms with E-state index in [1.165, 1.54) is 6.92 Å². The Balaban J connectivity index is 1.35. The maximum absolute atomic E-state index is 14.2. The van der Waals surface area contributed by atoms with Gasteiger partial charge < -0.3 is 59.0 Å². The summed E-state index contributed by atoms with van der Waals surface area (Å²) in [7, 11) is 0. The highest BCUT2D eigenvalue weighted by molar-refractivity contribution is 5.78. The van der Waals surface area contributed by atoms with Crippen molar-refractivity contribution in [2.24, 2.45) is 29.6 Å². The van der Waals surface area contributed by atoms with E-state index in [9.17, 15) is 24.3 Å². The zero-order valence-corrected chi connectivity index (χ0v) is 41.0.